The van der Waals surface area contributed by atoms with E-state index in [9.17, 15) is 19.0 Å². The van der Waals surface area contributed by atoms with E-state index < -0.39 is 32.5 Å². The van der Waals surface area contributed by atoms with Gasteiger partial charge in [-0.15, -0.1) is 0 Å². The largest absolute Gasteiger partial charge is 0.472 e. The molecule has 2 unspecified atom stereocenters. The van der Waals surface area contributed by atoms with Gasteiger partial charge < -0.3 is 20.1 Å². The maximum atomic E-state index is 12.5. The number of allylic oxidation sites excluding steroid dienone is 8. The molecule has 0 spiro atoms. The van der Waals surface area contributed by atoms with Gasteiger partial charge >= 0.3 is 19.8 Å². The smallest absolute Gasteiger partial charge is 0.462 e. The zero-order valence-electron chi connectivity index (χ0n) is 28.8. The lowest BCUT2D eigenvalue weighted by molar-refractivity contribution is -0.161. The normalized spacial score (nSPS) is 14.1. The van der Waals surface area contributed by atoms with Crippen LogP contribution in [0.4, 0.5) is 0 Å². The summed E-state index contributed by atoms with van der Waals surface area (Å²) in [5.41, 5.74) is 5.32. The predicted molar refractivity (Wildman–Crippen MR) is 187 cm³/mol. The van der Waals surface area contributed by atoms with Gasteiger partial charge in [0.25, 0.3) is 0 Å². The number of hydrogen-bond acceptors (Lipinski definition) is 8. The second kappa shape index (κ2) is 32.9. The highest BCUT2D eigenvalue weighted by atomic mass is 31.2. The Bertz CT molecular complexity index is 902. The summed E-state index contributed by atoms with van der Waals surface area (Å²) in [5.74, 6) is -0.881. The third kappa shape index (κ3) is 31.9. The zero-order valence-corrected chi connectivity index (χ0v) is 29.7. The molecule has 3 N–H and O–H groups in total. The highest BCUT2D eigenvalue weighted by molar-refractivity contribution is 7.47. The Morgan fingerprint density at radius 1 is 0.674 bits per heavy atom. The fourth-order valence-electron chi connectivity index (χ4n) is 4.35. The second-order valence-corrected chi connectivity index (χ2v) is 12.8. The minimum atomic E-state index is -4.38. The number of nitrogens with two attached hydrogens (primary N) is 1. The molecule has 0 aromatic rings. The van der Waals surface area contributed by atoms with Crippen molar-refractivity contribution in [3.63, 3.8) is 0 Å². The first-order chi connectivity index (χ1) is 22.3. The lowest BCUT2D eigenvalue weighted by Crippen LogP contribution is -2.29. The van der Waals surface area contributed by atoms with Crippen LogP contribution in [0.2, 0.25) is 0 Å². The number of esters is 2. The standard InChI is InChI=1S/C36H64NO8P/c1-3-5-7-9-11-13-15-17-19-21-23-25-27-29-36(39)45-34(33-44-46(40,41)43-31-30-37)32-42-35(38)28-26-24-22-20-18-16-14-12-10-8-6-4-2/h5,7,11-14,17,19,34H,3-4,6,8-10,15-16,18,20-33,37H2,1-2H3,(H,40,41)/b7-5-,13-11-,14-12-,19-17-. The topological polar surface area (TPSA) is 134 Å². The van der Waals surface area contributed by atoms with Crippen LogP contribution in [-0.2, 0) is 32.7 Å². The molecule has 0 amide bonds. The van der Waals surface area contributed by atoms with Gasteiger partial charge in [0.05, 0.1) is 13.2 Å². The van der Waals surface area contributed by atoms with Crippen molar-refractivity contribution in [2.45, 2.75) is 142 Å². The van der Waals surface area contributed by atoms with Crippen molar-refractivity contribution in [3.8, 4) is 0 Å². The fourth-order valence-corrected chi connectivity index (χ4v) is 5.11. The van der Waals surface area contributed by atoms with Crippen molar-refractivity contribution in [2.24, 2.45) is 5.73 Å². The molecule has 0 aliphatic heterocycles. The number of phosphoric ester groups is 1. The Hall–Kier alpha value is -2.03. The van der Waals surface area contributed by atoms with E-state index in [1.54, 1.807) is 0 Å². The first kappa shape index (κ1) is 44.0. The SMILES string of the molecule is CC/C=C\C/C=C\C/C=C\CCCCCC(=O)OC(COC(=O)CCCCCCC/C=C\CCCCC)COP(=O)(O)OCCN. The van der Waals surface area contributed by atoms with Crippen molar-refractivity contribution in [1.82, 2.24) is 0 Å². The Labute approximate surface area is 279 Å². The molecule has 0 fully saturated rings. The Kier molecular flexibility index (Phi) is 31.4. The molecule has 0 radical (unpaired) electrons. The van der Waals surface area contributed by atoms with Crippen LogP contribution in [-0.4, -0.2) is 49.3 Å². The molecule has 0 aliphatic carbocycles. The van der Waals surface area contributed by atoms with Crippen molar-refractivity contribution in [2.75, 3.05) is 26.4 Å². The lowest BCUT2D eigenvalue weighted by atomic mass is 10.1. The summed E-state index contributed by atoms with van der Waals surface area (Å²) in [4.78, 5) is 34.6. The van der Waals surface area contributed by atoms with Gasteiger partial charge in [-0.1, -0.05) is 101 Å². The van der Waals surface area contributed by atoms with E-state index in [0.717, 1.165) is 77.0 Å². The van der Waals surface area contributed by atoms with Crippen LogP contribution in [0.3, 0.4) is 0 Å². The van der Waals surface area contributed by atoms with E-state index in [1.165, 1.54) is 19.3 Å². The highest BCUT2D eigenvalue weighted by Gasteiger charge is 2.25. The number of unbranched alkanes of at least 4 members (excludes halogenated alkanes) is 11. The quantitative estimate of drug-likeness (QED) is 0.0311. The molecule has 0 aromatic carbocycles. The van der Waals surface area contributed by atoms with Gasteiger partial charge in [-0.3, -0.25) is 18.6 Å². The number of phosphoric acid groups is 1. The van der Waals surface area contributed by atoms with Gasteiger partial charge in [-0.25, -0.2) is 4.57 Å². The van der Waals surface area contributed by atoms with Crippen molar-refractivity contribution in [1.29, 1.82) is 0 Å². The van der Waals surface area contributed by atoms with Crippen LogP contribution >= 0.6 is 7.82 Å². The maximum Gasteiger partial charge on any atom is 0.472 e. The molecule has 0 heterocycles. The minimum absolute atomic E-state index is 0.0455. The zero-order chi connectivity index (χ0) is 34.0. The molecule has 0 bridgehead atoms. The van der Waals surface area contributed by atoms with Crippen LogP contribution in [0.15, 0.2) is 48.6 Å². The molecule has 0 saturated carbocycles. The summed E-state index contributed by atoms with van der Waals surface area (Å²) in [6.07, 6.45) is 34.3. The van der Waals surface area contributed by atoms with Crippen LogP contribution < -0.4 is 5.73 Å². The van der Waals surface area contributed by atoms with Crippen molar-refractivity contribution < 1.29 is 37.6 Å². The van der Waals surface area contributed by atoms with Crippen LogP contribution in [0.1, 0.15) is 136 Å². The van der Waals surface area contributed by atoms with Gasteiger partial charge in [-0.2, -0.15) is 0 Å². The minimum Gasteiger partial charge on any atom is -0.462 e. The second-order valence-electron chi connectivity index (χ2n) is 11.3. The number of hydrogen-bond donors (Lipinski definition) is 2. The molecular formula is C36H64NO8P. The van der Waals surface area contributed by atoms with E-state index in [1.807, 2.05) is 0 Å². The fraction of sp³-hybridized carbons (Fsp3) is 0.722. The average Bonchev–Trinajstić information content (AvgIpc) is 3.04. The Balaban J connectivity index is 4.35. The first-order valence-electron chi connectivity index (χ1n) is 17.6. The summed E-state index contributed by atoms with van der Waals surface area (Å²) in [5, 5.41) is 0. The molecule has 2 atom stereocenters. The van der Waals surface area contributed by atoms with Gasteiger partial charge in [0.2, 0.25) is 0 Å². The van der Waals surface area contributed by atoms with Gasteiger partial charge in [0, 0.05) is 19.4 Å². The predicted octanol–water partition coefficient (Wildman–Crippen LogP) is 9.21. The van der Waals surface area contributed by atoms with Gasteiger partial charge in [-0.05, 0) is 70.6 Å². The number of rotatable bonds is 32. The van der Waals surface area contributed by atoms with Crippen LogP contribution in [0, 0.1) is 0 Å². The molecule has 0 rings (SSSR count). The summed E-state index contributed by atoms with van der Waals surface area (Å²) < 4.78 is 32.5. The van der Waals surface area contributed by atoms with E-state index in [0.29, 0.717) is 12.8 Å². The Morgan fingerprint density at radius 3 is 1.83 bits per heavy atom. The molecular weight excluding hydrogens is 605 g/mol. The van der Waals surface area contributed by atoms with Crippen molar-refractivity contribution >= 4 is 19.8 Å². The molecule has 9 nitrogen and oxygen atoms in total. The average molecular weight is 670 g/mol. The van der Waals surface area contributed by atoms with E-state index in [2.05, 4.69) is 62.5 Å². The molecule has 0 saturated heterocycles. The van der Waals surface area contributed by atoms with Gasteiger partial charge in [0.1, 0.15) is 6.61 Å². The third-order valence-corrected chi connectivity index (χ3v) is 7.93. The van der Waals surface area contributed by atoms with E-state index in [4.69, 9.17) is 24.3 Å². The number of carbonyl (C=O) groups excluding carboxylic acids is 2. The first-order valence-corrected chi connectivity index (χ1v) is 19.1. The van der Waals surface area contributed by atoms with Crippen LogP contribution in [0.5, 0.6) is 0 Å². The van der Waals surface area contributed by atoms with Gasteiger partial charge in [0.15, 0.2) is 6.10 Å². The van der Waals surface area contributed by atoms with Crippen LogP contribution in [0.25, 0.3) is 0 Å². The highest BCUT2D eigenvalue weighted by Crippen LogP contribution is 2.43. The molecule has 0 aliphatic rings. The molecule has 46 heavy (non-hydrogen) atoms. The molecule has 10 heteroatoms. The van der Waals surface area contributed by atoms with E-state index >= 15 is 0 Å². The summed E-state index contributed by atoms with van der Waals surface area (Å²) in [6, 6.07) is 0. The number of ether oxygens (including phenoxy) is 2. The summed E-state index contributed by atoms with van der Waals surface area (Å²) in [6.45, 7) is 3.51. The summed E-state index contributed by atoms with van der Waals surface area (Å²) in [7, 11) is -4.38. The molecule has 0 aromatic heterocycles. The maximum absolute atomic E-state index is 12.5. The monoisotopic (exact) mass is 669 g/mol. The van der Waals surface area contributed by atoms with Crippen molar-refractivity contribution in [3.05, 3.63) is 48.6 Å². The lowest BCUT2D eigenvalue weighted by Gasteiger charge is -2.19. The summed E-state index contributed by atoms with van der Waals surface area (Å²) >= 11 is 0. The number of carbonyl (C=O) groups is 2. The molecule has 266 valence electrons. The van der Waals surface area contributed by atoms with E-state index in [-0.39, 0.29) is 32.6 Å². The third-order valence-electron chi connectivity index (χ3n) is 6.95. The Morgan fingerprint density at radius 2 is 1.20 bits per heavy atom.